The van der Waals surface area contributed by atoms with Crippen molar-refractivity contribution in [1.29, 1.82) is 0 Å². The van der Waals surface area contributed by atoms with Gasteiger partial charge in [0.05, 0.1) is 24.1 Å². The molecule has 0 atom stereocenters. The molecule has 0 spiro atoms. The lowest BCUT2D eigenvalue weighted by Gasteiger charge is -2.05. The molecular weight excluding hydrogens is 232 g/mol. The Morgan fingerprint density at radius 3 is 3.07 bits per heavy atom. The van der Waals surface area contributed by atoms with Gasteiger partial charge < -0.3 is 5.32 Å². The number of anilines is 1. The summed E-state index contributed by atoms with van der Waals surface area (Å²) < 4.78 is 3.78. The lowest BCUT2D eigenvalue weighted by Crippen LogP contribution is -2.00. The maximum absolute atomic E-state index is 5.82. The second-order valence-electron chi connectivity index (χ2n) is 3.08. The van der Waals surface area contributed by atoms with Crippen molar-refractivity contribution < 1.29 is 0 Å². The van der Waals surface area contributed by atoms with Crippen LogP contribution in [0.4, 0.5) is 5.69 Å². The molecule has 78 valence electrons. The third kappa shape index (κ3) is 2.64. The zero-order valence-corrected chi connectivity index (χ0v) is 9.64. The Labute approximate surface area is 96.5 Å². The molecule has 2 heterocycles. The average Bonchev–Trinajstić information content (AvgIpc) is 2.73. The molecule has 0 aliphatic carbocycles. The second-order valence-corrected chi connectivity index (χ2v) is 4.05. The smallest absolute Gasteiger partial charge is 0.132 e. The number of aromatic nitrogens is 3. The maximum atomic E-state index is 5.82. The minimum absolute atomic E-state index is 0.538. The SMILES string of the molecule is Cc1cc(NCc2csnn2)cnc1Cl. The van der Waals surface area contributed by atoms with Gasteiger partial charge in [0, 0.05) is 5.38 Å². The summed E-state index contributed by atoms with van der Waals surface area (Å²) >= 11 is 7.16. The quantitative estimate of drug-likeness (QED) is 0.838. The third-order valence-corrected chi connectivity index (χ3v) is 2.84. The molecule has 0 saturated heterocycles. The van der Waals surface area contributed by atoms with Crippen LogP contribution < -0.4 is 5.32 Å². The number of nitrogens with one attached hydrogen (secondary N) is 1. The number of aryl methyl sites for hydroxylation is 1. The van der Waals surface area contributed by atoms with Crippen molar-refractivity contribution in [3.8, 4) is 0 Å². The van der Waals surface area contributed by atoms with E-state index in [1.165, 1.54) is 11.5 Å². The molecule has 15 heavy (non-hydrogen) atoms. The Bertz CT molecular complexity index is 443. The van der Waals surface area contributed by atoms with Crippen LogP contribution in [-0.4, -0.2) is 14.6 Å². The van der Waals surface area contributed by atoms with E-state index < -0.39 is 0 Å². The predicted octanol–water partition coefficient (Wildman–Crippen LogP) is 2.51. The van der Waals surface area contributed by atoms with E-state index in [2.05, 4.69) is 19.9 Å². The van der Waals surface area contributed by atoms with E-state index in [1.807, 2.05) is 18.4 Å². The summed E-state index contributed by atoms with van der Waals surface area (Å²) in [6.45, 7) is 2.57. The highest BCUT2D eigenvalue weighted by Gasteiger charge is 2.00. The fourth-order valence-electron chi connectivity index (χ4n) is 1.11. The van der Waals surface area contributed by atoms with E-state index >= 15 is 0 Å². The highest BCUT2D eigenvalue weighted by Crippen LogP contribution is 2.16. The summed E-state index contributed by atoms with van der Waals surface area (Å²) in [4.78, 5) is 4.05. The first-order valence-electron chi connectivity index (χ1n) is 4.37. The van der Waals surface area contributed by atoms with Gasteiger partial charge >= 0.3 is 0 Å². The fourth-order valence-corrected chi connectivity index (χ4v) is 1.66. The van der Waals surface area contributed by atoms with Gasteiger partial charge in [0.25, 0.3) is 0 Å². The van der Waals surface area contributed by atoms with Crippen LogP contribution in [0.5, 0.6) is 0 Å². The molecule has 0 amide bonds. The molecule has 2 aromatic rings. The molecule has 2 rings (SSSR count). The van der Waals surface area contributed by atoms with E-state index in [0.29, 0.717) is 11.7 Å². The monoisotopic (exact) mass is 240 g/mol. The summed E-state index contributed by atoms with van der Waals surface area (Å²) in [5.74, 6) is 0. The first-order valence-corrected chi connectivity index (χ1v) is 5.59. The van der Waals surface area contributed by atoms with Gasteiger partial charge in [-0.05, 0) is 30.1 Å². The van der Waals surface area contributed by atoms with Crippen LogP contribution in [0.1, 0.15) is 11.3 Å². The molecular formula is C9H9ClN4S. The van der Waals surface area contributed by atoms with Crippen LogP contribution in [0.25, 0.3) is 0 Å². The highest BCUT2D eigenvalue weighted by atomic mass is 35.5. The van der Waals surface area contributed by atoms with Crippen molar-refractivity contribution in [3.05, 3.63) is 34.1 Å². The summed E-state index contributed by atoms with van der Waals surface area (Å²) in [6, 6.07) is 1.95. The molecule has 0 unspecified atom stereocenters. The van der Waals surface area contributed by atoms with Gasteiger partial charge in [-0.3, -0.25) is 0 Å². The minimum Gasteiger partial charge on any atom is -0.378 e. The molecule has 1 N–H and O–H groups in total. The number of hydrogen-bond acceptors (Lipinski definition) is 5. The third-order valence-electron chi connectivity index (χ3n) is 1.89. The van der Waals surface area contributed by atoms with Gasteiger partial charge in [0.2, 0.25) is 0 Å². The van der Waals surface area contributed by atoms with Gasteiger partial charge in [-0.15, -0.1) is 5.10 Å². The fraction of sp³-hybridized carbons (Fsp3) is 0.222. The largest absolute Gasteiger partial charge is 0.378 e. The van der Waals surface area contributed by atoms with Gasteiger partial charge in [0.15, 0.2) is 0 Å². The standard InChI is InChI=1S/C9H9ClN4S/c1-6-2-7(3-12-9(6)10)11-4-8-5-15-14-13-8/h2-3,5,11H,4H2,1H3. The van der Waals surface area contributed by atoms with Gasteiger partial charge in [-0.1, -0.05) is 16.1 Å². The van der Waals surface area contributed by atoms with Gasteiger partial charge in [-0.25, -0.2) is 4.98 Å². The lowest BCUT2D eigenvalue weighted by molar-refractivity contribution is 0.996. The Hall–Kier alpha value is -1.20. The van der Waals surface area contributed by atoms with Crippen molar-refractivity contribution in [2.45, 2.75) is 13.5 Å². The Kier molecular flexibility index (Phi) is 3.13. The van der Waals surface area contributed by atoms with Crippen LogP contribution in [0, 0.1) is 6.92 Å². The number of rotatable bonds is 3. The zero-order valence-electron chi connectivity index (χ0n) is 8.07. The molecule has 0 aromatic carbocycles. The van der Waals surface area contributed by atoms with E-state index in [-0.39, 0.29) is 0 Å². The minimum atomic E-state index is 0.538. The second kappa shape index (κ2) is 4.55. The Morgan fingerprint density at radius 2 is 2.40 bits per heavy atom. The van der Waals surface area contributed by atoms with E-state index in [1.54, 1.807) is 6.20 Å². The maximum Gasteiger partial charge on any atom is 0.132 e. The molecule has 0 saturated carbocycles. The summed E-state index contributed by atoms with van der Waals surface area (Å²) in [5.41, 5.74) is 2.82. The Balaban J connectivity index is 2.02. The van der Waals surface area contributed by atoms with Gasteiger partial charge in [0.1, 0.15) is 5.15 Å². The molecule has 4 nitrogen and oxygen atoms in total. The molecule has 6 heteroatoms. The predicted molar refractivity (Wildman–Crippen MR) is 61.2 cm³/mol. The van der Waals surface area contributed by atoms with E-state index in [0.717, 1.165) is 16.9 Å². The molecule has 2 aromatic heterocycles. The van der Waals surface area contributed by atoms with E-state index in [4.69, 9.17) is 11.6 Å². The average molecular weight is 241 g/mol. The summed E-state index contributed by atoms with van der Waals surface area (Å²) in [6.07, 6.45) is 1.70. The molecule has 0 aliphatic rings. The normalized spacial score (nSPS) is 10.3. The van der Waals surface area contributed by atoms with Crippen LogP contribution in [0.15, 0.2) is 17.6 Å². The Morgan fingerprint density at radius 1 is 1.53 bits per heavy atom. The van der Waals surface area contributed by atoms with Crippen LogP contribution in [-0.2, 0) is 6.54 Å². The van der Waals surface area contributed by atoms with Crippen LogP contribution in [0.3, 0.4) is 0 Å². The molecule has 0 bridgehead atoms. The van der Waals surface area contributed by atoms with Crippen molar-refractivity contribution in [2.75, 3.05) is 5.32 Å². The van der Waals surface area contributed by atoms with Gasteiger partial charge in [-0.2, -0.15) is 0 Å². The first-order chi connectivity index (χ1) is 7.25. The number of nitrogens with zero attached hydrogens (tertiary/aromatic N) is 3. The molecule has 0 aliphatic heterocycles. The van der Waals surface area contributed by atoms with Crippen LogP contribution in [0.2, 0.25) is 5.15 Å². The summed E-state index contributed by atoms with van der Waals surface area (Å²) in [7, 11) is 0. The number of hydrogen-bond donors (Lipinski definition) is 1. The van der Waals surface area contributed by atoms with Crippen molar-refractivity contribution in [1.82, 2.24) is 14.6 Å². The number of pyridine rings is 1. The number of halogens is 1. The van der Waals surface area contributed by atoms with Crippen molar-refractivity contribution >= 4 is 28.8 Å². The van der Waals surface area contributed by atoms with Crippen LogP contribution >= 0.6 is 23.1 Å². The molecule has 0 fully saturated rings. The highest BCUT2D eigenvalue weighted by molar-refractivity contribution is 7.03. The van der Waals surface area contributed by atoms with Crippen molar-refractivity contribution in [2.24, 2.45) is 0 Å². The first kappa shape index (κ1) is 10.3. The van der Waals surface area contributed by atoms with Crippen molar-refractivity contribution in [3.63, 3.8) is 0 Å². The topological polar surface area (TPSA) is 50.7 Å². The molecule has 0 radical (unpaired) electrons. The zero-order chi connectivity index (χ0) is 10.7. The lowest BCUT2D eigenvalue weighted by atomic mass is 10.3. The van der Waals surface area contributed by atoms with E-state index in [9.17, 15) is 0 Å². The summed E-state index contributed by atoms with van der Waals surface area (Å²) in [5, 5.41) is 9.57.